The zero-order valence-corrected chi connectivity index (χ0v) is 19.8. The maximum absolute atomic E-state index is 13.0. The minimum Gasteiger partial charge on any atom is -0.354 e. The van der Waals surface area contributed by atoms with Crippen LogP contribution in [0.3, 0.4) is 0 Å². The standard InChI is InChI=1S/C22H26BrClN2O2S/c1-3-11-25-22(28)16(2)26(13-18-5-4-6-20(24)12-18)21(27)15-29-14-17-7-9-19(23)10-8-17/h4-10,12,16H,3,11,13-15H2,1-2H3,(H,25,28). The Labute approximate surface area is 190 Å². The number of amides is 2. The first-order valence-electron chi connectivity index (χ1n) is 9.54. The molecule has 4 nitrogen and oxygen atoms in total. The molecule has 0 fully saturated rings. The summed E-state index contributed by atoms with van der Waals surface area (Å²) in [7, 11) is 0. The molecule has 0 aromatic heterocycles. The van der Waals surface area contributed by atoms with Gasteiger partial charge in [-0.2, -0.15) is 0 Å². The van der Waals surface area contributed by atoms with E-state index >= 15 is 0 Å². The van der Waals surface area contributed by atoms with Gasteiger partial charge in [-0.05, 0) is 48.7 Å². The summed E-state index contributed by atoms with van der Waals surface area (Å²) in [4.78, 5) is 27.1. The van der Waals surface area contributed by atoms with E-state index in [0.717, 1.165) is 27.8 Å². The van der Waals surface area contributed by atoms with Gasteiger partial charge in [0, 0.05) is 28.3 Å². The molecule has 0 aliphatic heterocycles. The second-order valence-corrected chi connectivity index (χ2v) is 9.08. The van der Waals surface area contributed by atoms with E-state index in [1.54, 1.807) is 29.7 Å². The van der Waals surface area contributed by atoms with Crippen molar-refractivity contribution >= 4 is 51.1 Å². The minimum atomic E-state index is -0.554. The van der Waals surface area contributed by atoms with E-state index in [0.29, 0.717) is 23.9 Å². The van der Waals surface area contributed by atoms with Crippen LogP contribution in [0, 0.1) is 0 Å². The number of carbonyl (C=O) groups is 2. The smallest absolute Gasteiger partial charge is 0.242 e. The van der Waals surface area contributed by atoms with Crippen LogP contribution in [-0.2, 0) is 21.9 Å². The van der Waals surface area contributed by atoms with Crippen molar-refractivity contribution in [1.82, 2.24) is 10.2 Å². The van der Waals surface area contributed by atoms with Crippen LogP contribution >= 0.6 is 39.3 Å². The molecule has 2 aromatic carbocycles. The molecule has 0 saturated heterocycles. The molecule has 2 rings (SSSR count). The van der Waals surface area contributed by atoms with Crippen LogP contribution in [0.2, 0.25) is 5.02 Å². The Morgan fingerprint density at radius 1 is 1.17 bits per heavy atom. The average molecular weight is 498 g/mol. The fourth-order valence-corrected chi connectivity index (χ4v) is 4.08. The van der Waals surface area contributed by atoms with Gasteiger partial charge in [-0.25, -0.2) is 0 Å². The summed E-state index contributed by atoms with van der Waals surface area (Å²) in [6.07, 6.45) is 0.851. The van der Waals surface area contributed by atoms with Crippen LogP contribution in [-0.4, -0.2) is 35.1 Å². The molecular weight excluding hydrogens is 472 g/mol. The summed E-state index contributed by atoms with van der Waals surface area (Å²) in [6, 6.07) is 14.9. The van der Waals surface area contributed by atoms with Crippen LogP contribution in [0.1, 0.15) is 31.4 Å². The zero-order chi connectivity index (χ0) is 21.2. The van der Waals surface area contributed by atoms with Gasteiger partial charge in [0.25, 0.3) is 0 Å². The summed E-state index contributed by atoms with van der Waals surface area (Å²) < 4.78 is 1.03. The van der Waals surface area contributed by atoms with Crippen LogP contribution < -0.4 is 5.32 Å². The third-order valence-corrected chi connectivity index (χ3v) is 6.12. The van der Waals surface area contributed by atoms with Gasteiger partial charge in [0.1, 0.15) is 6.04 Å². The Morgan fingerprint density at radius 3 is 2.55 bits per heavy atom. The number of nitrogens with one attached hydrogen (secondary N) is 1. The highest BCUT2D eigenvalue weighted by atomic mass is 79.9. The van der Waals surface area contributed by atoms with Crippen LogP contribution in [0.4, 0.5) is 0 Å². The van der Waals surface area contributed by atoms with E-state index in [1.807, 2.05) is 49.4 Å². The Morgan fingerprint density at radius 2 is 1.90 bits per heavy atom. The molecule has 0 aliphatic carbocycles. The van der Waals surface area contributed by atoms with Gasteiger partial charge in [0.15, 0.2) is 0 Å². The zero-order valence-electron chi connectivity index (χ0n) is 16.7. The lowest BCUT2D eigenvalue weighted by molar-refractivity contribution is -0.138. The molecule has 0 aliphatic rings. The number of hydrogen-bond acceptors (Lipinski definition) is 3. The van der Waals surface area contributed by atoms with Crippen molar-refractivity contribution in [2.24, 2.45) is 0 Å². The second-order valence-electron chi connectivity index (χ2n) is 6.74. The Balaban J connectivity index is 2.04. The molecule has 0 heterocycles. The van der Waals surface area contributed by atoms with E-state index in [1.165, 1.54) is 0 Å². The molecule has 29 heavy (non-hydrogen) atoms. The van der Waals surface area contributed by atoms with Gasteiger partial charge >= 0.3 is 0 Å². The summed E-state index contributed by atoms with van der Waals surface area (Å²) in [6.45, 7) is 4.71. The molecule has 7 heteroatoms. The number of hydrogen-bond donors (Lipinski definition) is 1. The Bertz CT molecular complexity index is 817. The van der Waals surface area contributed by atoms with Crippen LogP contribution in [0.25, 0.3) is 0 Å². The molecule has 0 radical (unpaired) electrons. The monoisotopic (exact) mass is 496 g/mol. The lowest BCUT2D eigenvalue weighted by Gasteiger charge is -2.28. The Hall–Kier alpha value is -1.50. The summed E-state index contributed by atoms with van der Waals surface area (Å²) in [5.41, 5.74) is 2.06. The third-order valence-electron chi connectivity index (χ3n) is 4.37. The first-order valence-corrected chi connectivity index (χ1v) is 11.9. The molecular formula is C22H26BrClN2O2S. The minimum absolute atomic E-state index is 0.0637. The van der Waals surface area contributed by atoms with Gasteiger partial charge in [0.2, 0.25) is 11.8 Å². The molecule has 1 atom stereocenters. The van der Waals surface area contributed by atoms with Crippen molar-refractivity contribution in [3.8, 4) is 0 Å². The normalized spacial score (nSPS) is 11.7. The highest BCUT2D eigenvalue weighted by Gasteiger charge is 2.25. The maximum atomic E-state index is 13.0. The summed E-state index contributed by atoms with van der Waals surface area (Å²) >= 11 is 11.1. The lowest BCUT2D eigenvalue weighted by atomic mass is 10.1. The fraction of sp³-hybridized carbons (Fsp3) is 0.364. The van der Waals surface area contributed by atoms with Crippen molar-refractivity contribution in [3.05, 3.63) is 69.2 Å². The third kappa shape index (κ3) is 8.03. The molecule has 2 aromatic rings. The van der Waals surface area contributed by atoms with E-state index < -0.39 is 6.04 Å². The summed E-state index contributed by atoms with van der Waals surface area (Å²) in [5.74, 6) is 0.842. The van der Waals surface area contributed by atoms with Gasteiger partial charge < -0.3 is 10.2 Å². The quantitative estimate of drug-likeness (QED) is 0.486. The molecule has 0 saturated carbocycles. The Kier molecular flexibility index (Phi) is 10.0. The maximum Gasteiger partial charge on any atom is 0.242 e. The van der Waals surface area contributed by atoms with E-state index in [2.05, 4.69) is 21.2 Å². The largest absolute Gasteiger partial charge is 0.354 e. The van der Waals surface area contributed by atoms with Gasteiger partial charge in [-0.3, -0.25) is 9.59 Å². The molecule has 0 spiro atoms. The number of halogens is 2. The van der Waals surface area contributed by atoms with Crippen molar-refractivity contribution < 1.29 is 9.59 Å². The first-order chi connectivity index (χ1) is 13.9. The number of carbonyl (C=O) groups excluding carboxylic acids is 2. The SMILES string of the molecule is CCCNC(=O)C(C)N(Cc1cccc(Cl)c1)C(=O)CSCc1ccc(Br)cc1. The van der Waals surface area contributed by atoms with Gasteiger partial charge in [-0.15, -0.1) is 11.8 Å². The highest BCUT2D eigenvalue weighted by Crippen LogP contribution is 2.19. The van der Waals surface area contributed by atoms with E-state index in [4.69, 9.17) is 11.6 Å². The van der Waals surface area contributed by atoms with Gasteiger partial charge in [0.05, 0.1) is 5.75 Å². The predicted octanol–water partition coefficient (Wildman–Crippen LogP) is 5.28. The highest BCUT2D eigenvalue weighted by molar-refractivity contribution is 9.10. The van der Waals surface area contributed by atoms with Crippen LogP contribution in [0.5, 0.6) is 0 Å². The molecule has 0 bridgehead atoms. The average Bonchev–Trinajstić information content (AvgIpc) is 2.71. The first kappa shape index (κ1) is 23.8. The molecule has 1 unspecified atom stereocenters. The van der Waals surface area contributed by atoms with E-state index in [-0.39, 0.29) is 11.8 Å². The number of nitrogens with zero attached hydrogens (tertiary/aromatic N) is 1. The van der Waals surface area contributed by atoms with Crippen molar-refractivity contribution in [3.63, 3.8) is 0 Å². The fourth-order valence-electron chi connectivity index (χ4n) is 2.73. The van der Waals surface area contributed by atoms with E-state index in [9.17, 15) is 9.59 Å². The van der Waals surface area contributed by atoms with Crippen molar-refractivity contribution in [2.45, 2.75) is 38.6 Å². The lowest BCUT2D eigenvalue weighted by Crippen LogP contribution is -2.48. The van der Waals surface area contributed by atoms with Crippen molar-refractivity contribution in [2.75, 3.05) is 12.3 Å². The topological polar surface area (TPSA) is 49.4 Å². The number of rotatable bonds is 10. The predicted molar refractivity (Wildman–Crippen MR) is 125 cm³/mol. The number of benzene rings is 2. The van der Waals surface area contributed by atoms with Gasteiger partial charge in [-0.1, -0.05) is 58.7 Å². The number of thioether (sulfide) groups is 1. The molecule has 156 valence electrons. The molecule has 2 amide bonds. The molecule has 1 N–H and O–H groups in total. The second kappa shape index (κ2) is 12.3. The van der Waals surface area contributed by atoms with Crippen molar-refractivity contribution in [1.29, 1.82) is 0 Å². The summed E-state index contributed by atoms with van der Waals surface area (Å²) in [5, 5.41) is 3.50. The van der Waals surface area contributed by atoms with Crippen LogP contribution in [0.15, 0.2) is 53.0 Å².